The number of aromatic carboxylic acids is 1. The summed E-state index contributed by atoms with van der Waals surface area (Å²) in [7, 11) is -2.59. The molecule has 2 heterocycles. The number of fused-ring (bicyclic) bond motifs is 1. The predicted octanol–water partition coefficient (Wildman–Crippen LogP) is 4.61. The lowest BCUT2D eigenvalue weighted by Crippen LogP contribution is -2.48. The maximum Gasteiger partial charge on any atom is 0.338 e. The van der Waals surface area contributed by atoms with Gasteiger partial charge in [-0.25, -0.2) is 17.6 Å². The molecule has 0 unspecified atom stereocenters. The molecule has 0 aromatic heterocycles. The first-order valence-corrected chi connectivity index (χ1v) is 13.8. The monoisotopic (exact) mass is 557 g/mol. The zero-order valence-electron chi connectivity index (χ0n) is 20.5. The summed E-state index contributed by atoms with van der Waals surface area (Å²) in [6, 6.07) is 15.2. The van der Waals surface area contributed by atoms with Crippen LogP contribution in [0.5, 0.6) is 0 Å². The number of sulfonamides is 1. The molecule has 1 saturated heterocycles. The molecule has 2 aliphatic heterocycles. The van der Waals surface area contributed by atoms with Crippen LogP contribution < -0.4 is 4.90 Å². The Hall–Kier alpha value is -3.47. The lowest BCUT2D eigenvalue weighted by atomic mass is 10.0. The van der Waals surface area contributed by atoms with E-state index in [-0.39, 0.29) is 40.0 Å². The van der Waals surface area contributed by atoms with Crippen molar-refractivity contribution < 1.29 is 27.5 Å². The third kappa shape index (κ3) is 4.63. The average molecular weight is 558 g/mol. The maximum atomic E-state index is 14.1. The Bertz CT molecular complexity index is 1530. The molecule has 5 rings (SSSR count). The van der Waals surface area contributed by atoms with Gasteiger partial charge in [0.2, 0.25) is 15.9 Å². The van der Waals surface area contributed by atoms with Gasteiger partial charge < -0.3 is 14.9 Å². The number of hydrogen-bond donors (Lipinski definition) is 1. The highest BCUT2D eigenvalue weighted by Gasteiger charge is 2.39. The molecule has 0 bridgehead atoms. The summed E-state index contributed by atoms with van der Waals surface area (Å²) >= 11 is 6.67. The van der Waals surface area contributed by atoms with E-state index in [4.69, 9.17) is 11.6 Å². The van der Waals surface area contributed by atoms with Crippen molar-refractivity contribution in [3.05, 3.63) is 77.1 Å². The van der Waals surface area contributed by atoms with Gasteiger partial charge in [0.25, 0.3) is 0 Å². The van der Waals surface area contributed by atoms with Gasteiger partial charge in [-0.3, -0.25) is 4.79 Å². The van der Waals surface area contributed by atoms with Gasteiger partial charge in [-0.05, 0) is 48.4 Å². The summed E-state index contributed by atoms with van der Waals surface area (Å²) in [6.07, 6.45) is 1.18. The third-order valence-corrected chi connectivity index (χ3v) is 9.33. The van der Waals surface area contributed by atoms with E-state index in [1.54, 1.807) is 4.90 Å². The first-order chi connectivity index (χ1) is 18.1. The Morgan fingerprint density at radius 1 is 1.13 bits per heavy atom. The van der Waals surface area contributed by atoms with Crippen LogP contribution in [0.15, 0.2) is 65.6 Å². The van der Waals surface area contributed by atoms with Crippen LogP contribution in [0.2, 0.25) is 5.02 Å². The molecule has 0 saturated carbocycles. The smallest absolute Gasteiger partial charge is 0.338 e. The molecule has 2 aliphatic rings. The van der Waals surface area contributed by atoms with Gasteiger partial charge >= 0.3 is 5.97 Å². The summed E-state index contributed by atoms with van der Waals surface area (Å²) in [6.45, 7) is 1.09. The number of anilines is 2. The van der Waals surface area contributed by atoms with E-state index in [1.807, 2.05) is 35.2 Å². The minimum Gasteiger partial charge on any atom is -0.478 e. The number of carbonyl (C=O) groups is 2. The summed E-state index contributed by atoms with van der Waals surface area (Å²) in [5.74, 6) is -2.36. The van der Waals surface area contributed by atoms with Crippen molar-refractivity contribution in [3.63, 3.8) is 0 Å². The SMILES string of the molecule is CN1[C@H](CN2CCCC2=O)CN(c2ccccc2)c2cc(Cl)c(-c3ccc(F)c(C(=O)O)c3)cc2S1(=O)=O. The first-order valence-electron chi connectivity index (χ1n) is 12.0. The lowest BCUT2D eigenvalue weighted by molar-refractivity contribution is -0.128. The topological polar surface area (TPSA) is 98.2 Å². The van der Waals surface area contributed by atoms with E-state index in [0.717, 1.165) is 24.2 Å². The number of nitrogens with zero attached hydrogens (tertiary/aromatic N) is 3. The van der Waals surface area contributed by atoms with E-state index in [9.17, 15) is 27.5 Å². The molecule has 1 atom stereocenters. The number of likely N-dealkylation sites (tertiary alicyclic amines) is 1. The highest BCUT2D eigenvalue weighted by atomic mass is 35.5. The number of para-hydroxylation sites is 1. The van der Waals surface area contributed by atoms with Gasteiger partial charge in [0, 0.05) is 44.4 Å². The van der Waals surface area contributed by atoms with Crippen molar-refractivity contribution in [1.82, 2.24) is 9.21 Å². The molecule has 198 valence electrons. The first kappa shape index (κ1) is 26.1. The molecule has 3 aromatic carbocycles. The van der Waals surface area contributed by atoms with Crippen LogP contribution in [0.3, 0.4) is 0 Å². The minimum atomic E-state index is -4.08. The van der Waals surface area contributed by atoms with Crippen LogP contribution in [0.25, 0.3) is 11.1 Å². The molecule has 0 aliphatic carbocycles. The Balaban J connectivity index is 1.68. The van der Waals surface area contributed by atoms with Gasteiger partial charge in [0.15, 0.2) is 0 Å². The number of carboxylic acid groups (broad SMARTS) is 1. The van der Waals surface area contributed by atoms with Gasteiger partial charge in [-0.1, -0.05) is 35.9 Å². The Labute approximate surface area is 224 Å². The van der Waals surface area contributed by atoms with Crippen molar-refractivity contribution in [3.8, 4) is 11.1 Å². The van der Waals surface area contributed by atoms with Gasteiger partial charge in [0.05, 0.1) is 22.3 Å². The third-order valence-electron chi connectivity index (χ3n) is 7.08. The number of carbonyl (C=O) groups excluding carboxylic acids is 1. The van der Waals surface area contributed by atoms with Crippen molar-refractivity contribution in [2.24, 2.45) is 0 Å². The molecule has 1 N–H and O–H groups in total. The van der Waals surface area contributed by atoms with Crippen LogP contribution >= 0.6 is 11.6 Å². The summed E-state index contributed by atoms with van der Waals surface area (Å²) in [5.41, 5.74) is 1.08. The lowest BCUT2D eigenvalue weighted by Gasteiger charge is -2.32. The van der Waals surface area contributed by atoms with E-state index in [1.165, 1.54) is 29.6 Å². The van der Waals surface area contributed by atoms with Crippen LogP contribution in [0, 0.1) is 5.82 Å². The van der Waals surface area contributed by atoms with Crippen molar-refractivity contribution in [2.45, 2.75) is 23.8 Å². The second-order valence-corrected chi connectivity index (χ2v) is 11.7. The number of rotatable bonds is 5. The fourth-order valence-corrected chi connectivity index (χ4v) is 6.79. The molecule has 38 heavy (non-hydrogen) atoms. The highest BCUT2D eigenvalue weighted by Crippen LogP contribution is 2.43. The number of likely N-dealkylation sites (N-methyl/N-ethyl adjacent to an activating group) is 1. The number of amides is 1. The zero-order valence-corrected chi connectivity index (χ0v) is 22.0. The molecular formula is C27H25ClFN3O5S. The Morgan fingerprint density at radius 2 is 1.87 bits per heavy atom. The quantitative estimate of drug-likeness (QED) is 0.492. The van der Waals surface area contributed by atoms with Crippen molar-refractivity contribution >= 4 is 44.9 Å². The van der Waals surface area contributed by atoms with Gasteiger partial charge in [0.1, 0.15) is 10.7 Å². The van der Waals surface area contributed by atoms with Crippen molar-refractivity contribution in [2.75, 3.05) is 31.6 Å². The fraction of sp³-hybridized carbons (Fsp3) is 0.259. The van der Waals surface area contributed by atoms with E-state index < -0.39 is 33.4 Å². The Morgan fingerprint density at radius 3 is 2.53 bits per heavy atom. The van der Waals surface area contributed by atoms with Crippen LogP contribution in [0.1, 0.15) is 23.2 Å². The Kier molecular flexibility index (Phi) is 6.89. The second kappa shape index (κ2) is 10.0. The number of carboxylic acids is 1. The molecule has 1 amide bonds. The van der Waals surface area contributed by atoms with E-state index in [2.05, 4.69) is 0 Å². The largest absolute Gasteiger partial charge is 0.478 e. The molecule has 3 aromatic rings. The normalized spacial score (nSPS) is 19.3. The second-order valence-electron chi connectivity index (χ2n) is 9.36. The predicted molar refractivity (Wildman–Crippen MR) is 142 cm³/mol. The van der Waals surface area contributed by atoms with Crippen LogP contribution in [-0.4, -0.2) is 67.3 Å². The molecule has 1 fully saturated rings. The van der Waals surface area contributed by atoms with Gasteiger partial charge in [-0.2, -0.15) is 4.31 Å². The standard InChI is InChI=1S/C27H25ClFN3O5S/c1-30-19(15-31-11-5-8-26(31)33)16-32(18-6-3-2-4-7-18)24-14-22(28)20(13-25(24)38(30,36)37)17-9-10-23(29)21(12-17)27(34)35/h2-4,6-7,9-10,12-14,19H,5,8,11,15-16H2,1H3,(H,34,35)/t19-/m1/s1. The summed E-state index contributed by atoms with van der Waals surface area (Å²) < 4.78 is 43.3. The average Bonchev–Trinajstić information content (AvgIpc) is 3.27. The molecule has 0 radical (unpaired) electrons. The fourth-order valence-electron chi connectivity index (χ4n) is 4.99. The van der Waals surface area contributed by atoms with Crippen molar-refractivity contribution in [1.29, 1.82) is 0 Å². The van der Waals surface area contributed by atoms with E-state index >= 15 is 0 Å². The minimum absolute atomic E-state index is 0.000282. The molecular weight excluding hydrogens is 533 g/mol. The number of hydrogen-bond acceptors (Lipinski definition) is 5. The number of halogens is 2. The molecule has 0 spiro atoms. The number of benzene rings is 3. The van der Waals surface area contributed by atoms with E-state index in [0.29, 0.717) is 18.7 Å². The summed E-state index contributed by atoms with van der Waals surface area (Å²) in [5, 5.41) is 9.55. The molecule has 11 heteroatoms. The van der Waals surface area contributed by atoms with Crippen LogP contribution in [0.4, 0.5) is 15.8 Å². The highest BCUT2D eigenvalue weighted by molar-refractivity contribution is 7.89. The summed E-state index contributed by atoms with van der Waals surface area (Å²) in [4.78, 5) is 27.4. The molecule has 8 nitrogen and oxygen atoms in total. The zero-order chi connectivity index (χ0) is 27.2. The van der Waals surface area contributed by atoms with Crippen LogP contribution in [-0.2, 0) is 14.8 Å². The maximum absolute atomic E-state index is 14.1. The van der Waals surface area contributed by atoms with Gasteiger partial charge in [-0.15, -0.1) is 0 Å².